The third-order valence-electron chi connectivity index (χ3n) is 5.77. The van der Waals surface area contributed by atoms with Crippen molar-refractivity contribution in [3.05, 3.63) is 54.6 Å². The number of amides is 1. The number of carbonyl (C=O) groups excluding carboxylic acids is 1. The van der Waals surface area contributed by atoms with Crippen molar-refractivity contribution >= 4 is 29.3 Å². The van der Waals surface area contributed by atoms with E-state index in [1.165, 1.54) is 11.8 Å². The first-order valence-corrected chi connectivity index (χ1v) is 12.0. The number of hydrogen-bond acceptors (Lipinski definition) is 6. The third kappa shape index (κ3) is 4.52. The topological polar surface area (TPSA) is 72.3 Å². The summed E-state index contributed by atoms with van der Waals surface area (Å²) in [7, 11) is 0. The molecule has 7 nitrogen and oxygen atoms in total. The molecule has 2 fully saturated rings. The van der Waals surface area contributed by atoms with Crippen molar-refractivity contribution in [2.45, 2.75) is 36.2 Å². The Balaban J connectivity index is 1.32. The molecule has 1 aromatic heterocycles. The first-order chi connectivity index (χ1) is 15.7. The molecule has 32 heavy (non-hydrogen) atoms. The van der Waals surface area contributed by atoms with Crippen LogP contribution in [0.3, 0.4) is 0 Å². The molecule has 1 unspecified atom stereocenters. The zero-order valence-corrected chi connectivity index (χ0v) is 18.9. The van der Waals surface area contributed by atoms with Crippen LogP contribution in [0.1, 0.15) is 25.8 Å². The zero-order chi connectivity index (χ0) is 21.9. The molecule has 1 atom stereocenters. The molecule has 0 bridgehead atoms. The lowest BCUT2D eigenvalue weighted by Gasteiger charge is -2.28. The number of carbonyl (C=O) groups is 1. The summed E-state index contributed by atoms with van der Waals surface area (Å²) < 4.78 is 7.70. The van der Waals surface area contributed by atoms with E-state index < -0.39 is 0 Å². The molecule has 1 amide bonds. The fraction of sp³-hybridized carbons (Fsp3) is 0.375. The number of hydrogen-bond donors (Lipinski definition) is 1. The number of aromatic nitrogens is 3. The summed E-state index contributed by atoms with van der Waals surface area (Å²) in [5.74, 6) is 0.858. The van der Waals surface area contributed by atoms with Crippen molar-refractivity contribution in [1.29, 1.82) is 0 Å². The number of anilines is 2. The van der Waals surface area contributed by atoms with Gasteiger partial charge in [-0.05, 0) is 31.4 Å². The molecule has 3 aromatic rings. The molecule has 8 heteroatoms. The van der Waals surface area contributed by atoms with Crippen LogP contribution in [0.15, 0.2) is 59.8 Å². The Morgan fingerprint density at radius 1 is 1.06 bits per heavy atom. The lowest BCUT2D eigenvalue weighted by molar-refractivity contribution is -0.115. The minimum Gasteiger partial charge on any atom is -0.378 e. The van der Waals surface area contributed by atoms with Gasteiger partial charge >= 0.3 is 0 Å². The Hall–Kier alpha value is -2.84. The van der Waals surface area contributed by atoms with Gasteiger partial charge in [-0.3, -0.25) is 9.36 Å². The van der Waals surface area contributed by atoms with E-state index in [2.05, 4.69) is 37.1 Å². The highest BCUT2D eigenvalue weighted by Crippen LogP contribution is 2.42. The van der Waals surface area contributed by atoms with Crippen molar-refractivity contribution < 1.29 is 9.53 Å². The number of morpholine rings is 1. The maximum absolute atomic E-state index is 13.1. The Morgan fingerprint density at radius 2 is 1.78 bits per heavy atom. The molecule has 5 rings (SSSR count). The smallest absolute Gasteiger partial charge is 0.237 e. The number of benzene rings is 2. The molecule has 2 heterocycles. The van der Waals surface area contributed by atoms with Gasteiger partial charge in [-0.25, -0.2) is 0 Å². The second kappa shape index (κ2) is 9.34. The highest BCUT2D eigenvalue weighted by molar-refractivity contribution is 8.00. The van der Waals surface area contributed by atoms with Crippen molar-refractivity contribution in [3.8, 4) is 11.1 Å². The summed E-state index contributed by atoms with van der Waals surface area (Å²) in [4.78, 5) is 15.3. The minimum absolute atomic E-state index is 0.0448. The van der Waals surface area contributed by atoms with E-state index in [1.807, 2.05) is 49.4 Å². The van der Waals surface area contributed by atoms with Gasteiger partial charge in [0.2, 0.25) is 11.9 Å². The minimum atomic E-state index is -0.307. The van der Waals surface area contributed by atoms with Crippen LogP contribution in [0.5, 0.6) is 0 Å². The highest BCUT2D eigenvalue weighted by Gasteiger charge is 2.33. The van der Waals surface area contributed by atoms with E-state index in [0.29, 0.717) is 19.3 Å². The van der Waals surface area contributed by atoms with Gasteiger partial charge < -0.3 is 15.0 Å². The summed E-state index contributed by atoms with van der Waals surface area (Å²) in [5.41, 5.74) is 2.90. The molecule has 1 saturated carbocycles. The summed E-state index contributed by atoms with van der Waals surface area (Å²) in [6.07, 6.45) is 2.27. The third-order valence-corrected chi connectivity index (χ3v) is 6.83. The maximum atomic E-state index is 13.1. The molecule has 1 saturated heterocycles. The Bertz CT molecular complexity index is 1080. The van der Waals surface area contributed by atoms with Gasteiger partial charge in [0.15, 0.2) is 5.16 Å². The van der Waals surface area contributed by atoms with Crippen LogP contribution in [-0.4, -0.2) is 52.2 Å². The van der Waals surface area contributed by atoms with Crippen LogP contribution in [0, 0.1) is 0 Å². The number of thioether (sulfide) groups is 1. The largest absolute Gasteiger partial charge is 0.378 e. The summed E-state index contributed by atoms with van der Waals surface area (Å²) in [6.45, 7) is 4.98. The molecule has 1 aliphatic heterocycles. The molecule has 2 aromatic carbocycles. The average Bonchev–Trinajstić information content (AvgIpc) is 3.60. The first kappa shape index (κ1) is 21.0. The Labute approximate surface area is 192 Å². The number of nitrogens with one attached hydrogen (secondary N) is 1. The summed E-state index contributed by atoms with van der Waals surface area (Å²) >= 11 is 1.47. The fourth-order valence-electron chi connectivity index (χ4n) is 3.89. The van der Waals surface area contributed by atoms with Crippen molar-refractivity contribution in [3.63, 3.8) is 0 Å². The average molecular weight is 450 g/mol. The predicted octanol–water partition coefficient (Wildman–Crippen LogP) is 4.24. The monoisotopic (exact) mass is 449 g/mol. The van der Waals surface area contributed by atoms with Crippen LogP contribution in [0.4, 0.5) is 11.6 Å². The molecule has 0 spiro atoms. The molecular weight excluding hydrogens is 422 g/mol. The van der Waals surface area contributed by atoms with E-state index in [0.717, 1.165) is 53.9 Å². The quantitative estimate of drug-likeness (QED) is 0.544. The molecule has 1 N–H and O–H groups in total. The zero-order valence-electron chi connectivity index (χ0n) is 18.1. The van der Waals surface area contributed by atoms with Gasteiger partial charge in [0.25, 0.3) is 0 Å². The van der Waals surface area contributed by atoms with E-state index in [-0.39, 0.29) is 11.2 Å². The van der Waals surface area contributed by atoms with Crippen molar-refractivity contribution in [2.75, 3.05) is 36.5 Å². The van der Waals surface area contributed by atoms with Gasteiger partial charge in [-0.2, -0.15) is 0 Å². The standard InChI is InChI=1S/C24H27N5O2S/c1-17(22(30)25-21-10-6-5-9-20(21)18-7-3-2-4-8-18)32-24-27-26-23(29(24)19-11-12-19)28-13-15-31-16-14-28/h2-10,17,19H,11-16H2,1H3,(H,25,30). The normalized spacial score (nSPS) is 17.2. The maximum Gasteiger partial charge on any atom is 0.237 e. The molecule has 0 radical (unpaired) electrons. The van der Waals surface area contributed by atoms with Crippen LogP contribution >= 0.6 is 11.8 Å². The van der Waals surface area contributed by atoms with Crippen LogP contribution < -0.4 is 10.2 Å². The number of ether oxygens (including phenoxy) is 1. The number of para-hydroxylation sites is 1. The lowest BCUT2D eigenvalue weighted by Crippen LogP contribution is -2.38. The van der Waals surface area contributed by atoms with E-state index in [9.17, 15) is 4.79 Å². The molecule has 2 aliphatic rings. The van der Waals surface area contributed by atoms with Crippen LogP contribution in [-0.2, 0) is 9.53 Å². The van der Waals surface area contributed by atoms with E-state index in [4.69, 9.17) is 4.74 Å². The van der Waals surface area contributed by atoms with E-state index >= 15 is 0 Å². The fourth-order valence-corrected chi connectivity index (χ4v) is 4.80. The summed E-state index contributed by atoms with van der Waals surface area (Å²) in [5, 5.41) is 12.6. The van der Waals surface area contributed by atoms with Gasteiger partial charge in [0, 0.05) is 30.4 Å². The lowest BCUT2D eigenvalue weighted by atomic mass is 10.0. The SMILES string of the molecule is CC(Sc1nnc(N2CCOCC2)n1C1CC1)C(=O)Nc1ccccc1-c1ccccc1. The second-order valence-electron chi connectivity index (χ2n) is 8.14. The Kier molecular flexibility index (Phi) is 6.14. The number of rotatable bonds is 7. The molecule has 1 aliphatic carbocycles. The van der Waals surface area contributed by atoms with Crippen LogP contribution in [0.25, 0.3) is 11.1 Å². The van der Waals surface area contributed by atoms with Gasteiger partial charge in [0.1, 0.15) is 0 Å². The van der Waals surface area contributed by atoms with Gasteiger partial charge in [-0.15, -0.1) is 10.2 Å². The van der Waals surface area contributed by atoms with Crippen molar-refractivity contribution in [2.24, 2.45) is 0 Å². The summed E-state index contributed by atoms with van der Waals surface area (Å²) in [6, 6.07) is 18.4. The molecular formula is C24H27N5O2S. The van der Waals surface area contributed by atoms with E-state index in [1.54, 1.807) is 0 Å². The van der Waals surface area contributed by atoms with Crippen LogP contribution in [0.2, 0.25) is 0 Å². The highest BCUT2D eigenvalue weighted by atomic mass is 32.2. The van der Waals surface area contributed by atoms with Crippen molar-refractivity contribution in [1.82, 2.24) is 14.8 Å². The van der Waals surface area contributed by atoms with Gasteiger partial charge in [0.05, 0.1) is 18.5 Å². The Morgan fingerprint density at radius 3 is 2.53 bits per heavy atom. The number of nitrogens with zero attached hydrogens (tertiary/aromatic N) is 4. The second-order valence-corrected chi connectivity index (χ2v) is 9.45. The first-order valence-electron chi connectivity index (χ1n) is 11.1. The molecule has 166 valence electrons. The predicted molar refractivity (Wildman–Crippen MR) is 127 cm³/mol. The van der Waals surface area contributed by atoms with Gasteiger partial charge in [-0.1, -0.05) is 60.3 Å².